The topological polar surface area (TPSA) is 131 Å². The number of pyridine rings is 1. The Bertz CT molecular complexity index is 3670. The average Bonchev–Trinajstić information content (AvgIpc) is 3.76. The SMILES string of the molecule is CCOC(=O)C1=C(C)/C(=C(\c2c(C)cc(OCCn3c(=O)c4ccc5oc6ccc(-c7ccc(C(F)(F)F)cc7)cc6c6ccc(c3=O)c4c56)cc2C)c2c(C)c(C(=O)OCC)c(C)n2[B]F)N=C1C. The molecule has 1 aliphatic heterocycles. The molecule has 0 amide bonds. The third-order valence-electron chi connectivity index (χ3n) is 13.0. The fraction of sp³-hybridized carbons (Fsp3) is 0.241. The van der Waals surface area contributed by atoms with Crippen LogP contribution in [0.2, 0.25) is 0 Å². The van der Waals surface area contributed by atoms with Gasteiger partial charge in [-0.3, -0.25) is 19.1 Å². The van der Waals surface area contributed by atoms with Gasteiger partial charge in [0.15, 0.2) is 0 Å². The number of halogens is 4. The van der Waals surface area contributed by atoms with Gasteiger partial charge in [0.05, 0.1) is 47.9 Å². The van der Waals surface area contributed by atoms with E-state index in [1.165, 1.54) is 16.6 Å². The van der Waals surface area contributed by atoms with Crippen molar-refractivity contribution in [2.45, 2.75) is 68.1 Å². The molecule has 70 heavy (non-hydrogen) atoms. The lowest BCUT2D eigenvalue weighted by molar-refractivity contribution is -0.138. The van der Waals surface area contributed by atoms with E-state index in [-0.39, 0.29) is 37.5 Å². The molecule has 11 nitrogen and oxygen atoms in total. The number of alkyl halides is 3. The van der Waals surface area contributed by atoms with Crippen molar-refractivity contribution in [3.8, 4) is 16.9 Å². The lowest BCUT2D eigenvalue weighted by Gasteiger charge is -2.21. The van der Waals surface area contributed by atoms with Gasteiger partial charge in [0.2, 0.25) is 0 Å². The summed E-state index contributed by atoms with van der Waals surface area (Å²) in [4.78, 5) is 59.8. The van der Waals surface area contributed by atoms with Crippen molar-refractivity contribution in [2.24, 2.45) is 4.99 Å². The van der Waals surface area contributed by atoms with E-state index in [0.717, 1.165) is 16.7 Å². The lowest BCUT2D eigenvalue weighted by Crippen LogP contribution is -2.35. The van der Waals surface area contributed by atoms with Crippen LogP contribution in [0.15, 0.2) is 115 Å². The van der Waals surface area contributed by atoms with E-state index in [0.29, 0.717) is 124 Å². The molecule has 0 atom stereocenters. The van der Waals surface area contributed by atoms with E-state index in [2.05, 4.69) is 0 Å². The van der Waals surface area contributed by atoms with Gasteiger partial charge in [-0.05, 0) is 154 Å². The zero-order valence-electron chi connectivity index (χ0n) is 39.5. The molecule has 0 N–H and O–H groups in total. The third-order valence-corrected chi connectivity index (χ3v) is 13.0. The zero-order chi connectivity index (χ0) is 50.1. The Kier molecular flexibility index (Phi) is 12.1. The summed E-state index contributed by atoms with van der Waals surface area (Å²) in [5.41, 5.74) is 5.74. The van der Waals surface area contributed by atoms with Gasteiger partial charge in [-0.1, -0.05) is 24.3 Å². The van der Waals surface area contributed by atoms with Crippen LogP contribution in [-0.2, 0) is 27.0 Å². The Hall–Kier alpha value is -7.75. The molecule has 5 aromatic carbocycles. The second-order valence-electron chi connectivity index (χ2n) is 17.2. The smallest absolute Gasteiger partial charge is 0.492 e. The van der Waals surface area contributed by atoms with E-state index in [4.69, 9.17) is 23.6 Å². The van der Waals surface area contributed by atoms with E-state index in [1.807, 2.05) is 19.9 Å². The standard InChI is InChI=1S/C54H45BF4N3O8/c1-9-67-52(65)43-28(5)48(60-30(43)7)47(49-29(6)44(53(66)68-10-2)31(8)62(49)55-59)42-26(3)23-35(24-27(42)4)69-22-21-61-50(63)37-17-16-36-39-25-33(32-11-14-34(15-12-32)54(56,57)58)13-19-40(39)70-41-20-18-38(51(61)64)45(37)46(36)41/h11-20,23-25H,9-10,21-22H2,1-8H3/b48-47-. The predicted molar refractivity (Wildman–Crippen MR) is 263 cm³/mol. The minimum Gasteiger partial charge on any atom is -0.492 e. The first kappa shape index (κ1) is 47.3. The predicted octanol–water partition coefficient (Wildman–Crippen LogP) is 11.3. The molecule has 0 aliphatic carbocycles. The maximum Gasteiger partial charge on any atom is 0.495 e. The van der Waals surface area contributed by atoms with Crippen LogP contribution in [0.3, 0.4) is 0 Å². The van der Waals surface area contributed by atoms with Gasteiger partial charge in [-0.25, -0.2) is 9.59 Å². The number of allylic oxidation sites excluding steroid dienone is 1. The van der Waals surface area contributed by atoms with Crippen molar-refractivity contribution >= 4 is 74.4 Å². The Morgan fingerprint density at radius 3 is 1.94 bits per heavy atom. The van der Waals surface area contributed by atoms with Gasteiger partial charge in [-0.2, -0.15) is 13.2 Å². The highest BCUT2D eigenvalue weighted by Gasteiger charge is 2.34. The van der Waals surface area contributed by atoms with Crippen LogP contribution < -0.4 is 15.9 Å². The first-order chi connectivity index (χ1) is 33.4. The first-order valence-electron chi connectivity index (χ1n) is 22.6. The van der Waals surface area contributed by atoms with Crippen LogP contribution in [0.4, 0.5) is 17.5 Å². The second kappa shape index (κ2) is 18.0. The number of fused-ring (bicyclic) bond motifs is 2. The molecule has 1 radical (unpaired) electrons. The summed E-state index contributed by atoms with van der Waals surface area (Å²) in [6.45, 7) is 13.9. The molecule has 3 aromatic heterocycles. The van der Waals surface area contributed by atoms with E-state index < -0.39 is 34.8 Å². The summed E-state index contributed by atoms with van der Waals surface area (Å²) in [5.74, 6) is -0.745. The number of esters is 2. The molecule has 8 aromatic rings. The molecule has 0 saturated carbocycles. The largest absolute Gasteiger partial charge is 0.495 e. The normalized spacial score (nSPS) is 13.8. The molecular formula is C54H45BF4N3O8. The van der Waals surface area contributed by atoms with Crippen molar-refractivity contribution in [3.05, 3.63) is 161 Å². The van der Waals surface area contributed by atoms with E-state index >= 15 is 4.32 Å². The van der Waals surface area contributed by atoms with Gasteiger partial charge in [0.25, 0.3) is 11.1 Å². The Morgan fingerprint density at radius 1 is 0.714 bits per heavy atom. The second-order valence-corrected chi connectivity index (χ2v) is 17.2. The molecule has 355 valence electrons. The van der Waals surface area contributed by atoms with Crippen LogP contribution in [-0.4, -0.2) is 54.2 Å². The van der Waals surface area contributed by atoms with Crippen LogP contribution in [0.5, 0.6) is 5.75 Å². The number of aryl methyl sites for hydroxylation is 2. The molecule has 0 fully saturated rings. The van der Waals surface area contributed by atoms with E-state index in [9.17, 15) is 32.3 Å². The average molecular weight is 951 g/mol. The third kappa shape index (κ3) is 7.75. The molecule has 1 aliphatic rings. The number of benzene rings is 5. The van der Waals surface area contributed by atoms with Gasteiger partial charge in [-0.15, -0.1) is 0 Å². The van der Waals surface area contributed by atoms with Crippen LogP contribution in [0.1, 0.15) is 77.3 Å². The highest BCUT2D eigenvalue weighted by molar-refractivity contribution is 6.28. The molecule has 0 saturated heterocycles. The van der Waals surface area contributed by atoms with Gasteiger partial charge in [0, 0.05) is 43.9 Å². The highest BCUT2D eigenvalue weighted by atomic mass is 19.4. The summed E-state index contributed by atoms with van der Waals surface area (Å²) in [5, 5.41) is 2.97. The summed E-state index contributed by atoms with van der Waals surface area (Å²) in [7, 11) is 0.381. The van der Waals surface area contributed by atoms with Crippen molar-refractivity contribution in [3.63, 3.8) is 0 Å². The first-order valence-corrected chi connectivity index (χ1v) is 22.6. The molecule has 4 heterocycles. The summed E-state index contributed by atoms with van der Waals surface area (Å²) >= 11 is 0. The van der Waals surface area contributed by atoms with Crippen molar-refractivity contribution in [1.29, 1.82) is 0 Å². The monoisotopic (exact) mass is 950 g/mol. The number of rotatable bonds is 12. The quantitative estimate of drug-likeness (QED) is 0.0389. The van der Waals surface area contributed by atoms with Gasteiger partial charge < -0.3 is 27.4 Å². The number of carbonyl (C=O) groups is 2. The number of nitrogens with zero attached hydrogens (tertiary/aromatic N) is 3. The summed E-state index contributed by atoms with van der Waals surface area (Å²) in [6, 6.07) is 20.6. The van der Waals surface area contributed by atoms with Crippen LogP contribution in [0, 0.1) is 27.7 Å². The highest BCUT2D eigenvalue weighted by Crippen LogP contribution is 2.44. The van der Waals surface area contributed by atoms with Crippen LogP contribution in [0.25, 0.3) is 60.2 Å². The minimum absolute atomic E-state index is 0.0728. The summed E-state index contributed by atoms with van der Waals surface area (Å²) < 4.78 is 80.7. The van der Waals surface area contributed by atoms with Crippen molar-refractivity contribution in [1.82, 2.24) is 9.05 Å². The molecule has 9 rings (SSSR count). The van der Waals surface area contributed by atoms with Gasteiger partial charge >= 0.3 is 25.8 Å². The number of hydrogen-bond acceptors (Lipinski definition) is 9. The molecule has 0 bridgehead atoms. The molecular weight excluding hydrogens is 905 g/mol. The maximum absolute atomic E-state index is 15.1. The van der Waals surface area contributed by atoms with E-state index in [1.54, 1.807) is 90.1 Å². The fourth-order valence-corrected chi connectivity index (χ4v) is 9.94. The number of ether oxygens (including phenoxy) is 3. The molecule has 0 unspecified atom stereocenters. The van der Waals surface area contributed by atoms with Crippen LogP contribution >= 0.6 is 0 Å². The Labute approximate surface area is 398 Å². The molecule has 16 heteroatoms. The van der Waals surface area contributed by atoms with Gasteiger partial charge in [0.1, 0.15) is 23.5 Å². The molecule has 0 spiro atoms. The van der Waals surface area contributed by atoms with Crippen molar-refractivity contribution in [2.75, 3.05) is 19.8 Å². The minimum atomic E-state index is -4.47. The maximum atomic E-state index is 15.1. The number of aliphatic imine (C=N–C) groups is 1. The Morgan fingerprint density at radius 2 is 1.31 bits per heavy atom. The number of aromatic nitrogens is 2. The Balaban J connectivity index is 1.08. The number of carbonyl (C=O) groups excluding carboxylic acids is 2. The zero-order valence-corrected chi connectivity index (χ0v) is 39.5. The fourth-order valence-electron chi connectivity index (χ4n) is 9.94. The number of hydrogen-bond donors (Lipinski definition) is 0. The summed E-state index contributed by atoms with van der Waals surface area (Å²) in [6.07, 6.45) is -4.47. The van der Waals surface area contributed by atoms with Crippen molar-refractivity contribution < 1.29 is 45.7 Å². The lowest BCUT2D eigenvalue weighted by atomic mass is 9.88.